The van der Waals surface area contributed by atoms with Crippen LogP contribution in [-0.2, 0) is 4.74 Å². The highest BCUT2D eigenvalue weighted by atomic mass is 16.5. The molecule has 2 heteroatoms. The fourth-order valence-electron chi connectivity index (χ4n) is 1.59. The third-order valence-corrected chi connectivity index (χ3v) is 3.46. The van der Waals surface area contributed by atoms with Crippen molar-refractivity contribution in [3.63, 3.8) is 0 Å². The predicted molar refractivity (Wildman–Crippen MR) is 67.1 cm³/mol. The van der Waals surface area contributed by atoms with Crippen molar-refractivity contribution in [2.45, 2.75) is 77.9 Å². The molecule has 0 aliphatic heterocycles. The van der Waals surface area contributed by atoms with Crippen molar-refractivity contribution in [2.24, 2.45) is 5.73 Å². The molecule has 0 aromatic carbocycles. The van der Waals surface area contributed by atoms with E-state index in [0.717, 1.165) is 32.3 Å². The van der Waals surface area contributed by atoms with E-state index in [-0.39, 0.29) is 11.1 Å². The highest BCUT2D eigenvalue weighted by Gasteiger charge is 2.23. The largest absolute Gasteiger partial charge is 0.375 e. The Kier molecular flexibility index (Phi) is 6.46. The first-order valence-corrected chi connectivity index (χ1v) is 6.32. The topological polar surface area (TPSA) is 35.2 Å². The van der Waals surface area contributed by atoms with Gasteiger partial charge >= 0.3 is 0 Å². The van der Waals surface area contributed by atoms with E-state index < -0.39 is 0 Å². The summed E-state index contributed by atoms with van der Waals surface area (Å²) < 4.78 is 5.98. The van der Waals surface area contributed by atoms with E-state index in [4.69, 9.17) is 10.5 Å². The van der Waals surface area contributed by atoms with Crippen LogP contribution in [0.1, 0.15) is 66.7 Å². The molecule has 92 valence electrons. The Morgan fingerprint density at radius 1 is 1.00 bits per heavy atom. The Labute approximate surface area is 95.6 Å². The fourth-order valence-corrected chi connectivity index (χ4v) is 1.59. The van der Waals surface area contributed by atoms with Crippen molar-refractivity contribution >= 4 is 0 Å². The smallest absolute Gasteiger partial charge is 0.0651 e. The Hall–Kier alpha value is -0.0800. The minimum Gasteiger partial charge on any atom is -0.375 e. The minimum absolute atomic E-state index is 0.0541. The van der Waals surface area contributed by atoms with Crippen LogP contribution < -0.4 is 5.73 Å². The summed E-state index contributed by atoms with van der Waals surface area (Å²) in [6.07, 6.45) is 5.35. The van der Waals surface area contributed by atoms with Crippen molar-refractivity contribution < 1.29 is 4.74 Å². The van der Waals surface area contributed by atoms with Crippen LogP contribution in [0.4, 0.5) is 0 Å². The highest BCUT2D eigenvalue weighted by Crippen LogP contribution is 2.23. The quantitative estimate of drug-likeness (QED) is 0.672. The molecule has 2 nitrogen and oxygen atoms in total. The summed E-state index contributed by atoms with van der Waals surface area (Å²) in [6.45, 7) is 11.6. The van der Waals surface area contributed by atoms with Gasteiger partial charge in [-0.1, -0.05) is 27.2 Å². The van der Waals surface area contributed by atoms with Gasteiger partial charge in [0.1, 0.15) is 0 Å². The minimum atomic E-state index is -0.0686. The molecule has 0 saturated carbocycles. The third-order valence-electron chi connectivity index (χ3n) is 3.46. The third kappa shape index (κ3) is 6.16. The molecule has 0 amide bonds. The molecule has 15 heavy (non-hydrogen) atoms. The van der Waals surface area contributed by atoms with Gasteiger partial charge in [-0.2, -0.15) is 0 Å². The van der Waals surface area contributed by atoms with Crippen LogP contribution in [0.2, 0.25) is 0 Å². The molecular weight excluding hydrogens is 186 g/mol. The molecule has 0 radical (unpaired) electrons. The van der Waals surface area contributed by atoms with Crippen LogP contribution >= 0.6 is 0 Å². The predicted octanol–water partition coefficient (Wildman–Crippen LogP) is 3.49. The number of ether oxygens (including phenoxy) is 1. The normalized spacial score (nSPS) is 19.6. The van der Waals surface area contributed by atoms with E-state index >= 15 is 0 Å². The van der Waals surface area contributed by atoms with E-state index in [1.54, 1.807) is 0 Å². The average Bonchev–Trinajstić information content (AvgIpc) is 2.18. The Morgan fingerprint density at radius 2 is 1.60 bits per heavy atom. The Morgan fingerprint density at radius 3 is 2.00 bits per heavy atom. The molecule has 0 aromatic rings. The fraction of sp³-hybridized carbons (Fsp3) is 1.00. The summed E-state index contributed by atoms with van der Waals surface area (Å²) in [6, 6.07) is 0. The van der Waals surface area contributed by atoms with Gasteiger partial charge in [-0.15, -0.1) is 0 Å². The molecule has 0 bridgehead atoms. The van der Waals surface area contributed by atoms with Gasteiger partial charge in [0.2, 0.25) is 0 Å². The zero-order chi connectivity index (χ0) is 11.9. The number of hydrogen-bond donors (Lipinski definition) is 1. The number of rotatable bonds is 8. The lowest BCUT2D eigenvalue weighted by atomic mass is 9.95. The van der Waals surface area contributed by atoms with Crippen LogP contribution in [0, 0.1) is 0 Å². The molecule has 2 atom stereocenters. The van der Waals surface area contributed by atoms with Gasteiger partial charge in [-0.05, 0) is 39.5 Å². The van der Waals surface area contributed by atoms with Gasteiger partial charge in [0.05, 0.1) is 5.60 Å². The first kappa shape index (κ1) is 14.9. The zero-order valence-electron chi connectivity index (χ0n) is 11.2. The van der Waals surface area contributed by atoms with Gasteiger partial charge in [0.15, 0.2) is 0 Å². The summed E-state index contributed by atoms with van der Waals surface area (Å²) in [7, 11) is 0. The molecule has 0 aromatic heterocycles. The second-order valence-corrected chi connectivity index (χ2v) is 5.16. The molecule has 0 rings (SSSR count). The van der Waals surface area contributed by atoms with Gasteiger partial charge in [0, 0.05) is 12.1 Å². The van der Waals surface area contributed by atoms with Crippen molar-refractivity contribution in [3.8, 4) is 0 Å². The number of nitrogens with two attached hydrogens (primary N) is 1. The van der Waals surface area contributed by atoms with Crippen LogP contribution in [0.5, 0.6) is 0 Å². The van der Waals surface area contributed by atoms with Gasteiger partial charge in [-0.3, -0.25) is 0 Å². The maximum atomic E-state index is 6.08. The highest BCUT2D eigenvalue weighted by molar-refractivity contribution is 4.78. The van der Waals surface area contributed by atoms with Crippen molar-refractivity contribution in [2.75, 3.05) is 6.61 Å². The SMILES string of the molecule is CCCC(C)(CC)OCC[C@@](C)(N)CC. The van der Waals surface area contributed by atoms with Crippen LogP contribution in [0.3, 0.4) is 0 Å². The number of hydrogen-bond acceptors (Lipinski definition) is 2. The second kappa shape index (κ2) is 6.49. The lowest BCUT2D eigenvalue weighted by molar-refractivity contribution is -0.0466. The van der Waals surface area contributed by atoms with Gasteiger partial charge in [0.25, 0.3) is 0 Å². The lowest BCUT2D eigenvalue weighted by Gasteiger charge is -2.31. The summed E-state index contributed by atoms with van der Waals surface area (Å²) in [4.78, 5) is 0. The van der Waals surface area contributed by atoms with E-state index in [1.165, 1.54) is 6.42 Å². The first-order valence-electron chi connectivity index (χ1n) is 6.32. The molecule has 0 saturated heterocycles. The summed E-state index contributed by atoms with van der Waals surface area (Å²) in [5.41, 5.74) is 6.07. The molecule has 0 aliphatic rings. The maximum Gasteiger partial charge on any atom is 0.0651 e. The van der Waals surface area contributed by atoms with Crippen molar-refractivity contribution in [1.29, 1.82) is 0 Å². The molecular formula is C13H29NO. The van der Waals surface area contributed by atoms with E-state index in [1.807, 2.05) is 0 Å². The van der Waals surface area contributed by atoms with E-state index in [9.17, 15) is 0 Å². The Bertz CT molecular complexity index is 168. The summed E-state index contributed by atoms with van der Waals surface area (Å²) in [5, 5.41) is 0. The van der Waals surface area contributed by atoms with Gasteiger partial charge in [-0.25, -0.2) is 0 Å². The van der Waals surface area contributed by atoms with Crippen molar-refractivity contribution in [3.05, 3.63) is 0 Å². The maximum absolute atomic E-state index is 6.08. The van der Waals surface area contributed by atoms with E-state index in [2.05, 4.69) is 34.6 Å². The zero-order valence-corrected chi connectivity index (χ0v) is 11.2. The van der Waals surface area contributed by atoms with Crippen LogP contribution in [0.15, 0.2) is 0 Å². The molecule has 2 N–H and O–H groups in total. The van der Waals surface area contributed by atoms with Crippen LogP contribution in [-0.4, -0.2) is 17.7 Å². The summed E-state index contributed by atoms with van der Waals surface area (Å²) in [5.74, 6) is 0. The molecule has 0 fully saturated rings. The monoisotopic (exact) mass is 215 g/mol. The standard InChI is InChI=1S/C13H29NO/c1-6-9-13(5,8-3)15-11-10-12(4,14)7-2/h6-11,14H2,1-5H3/t12-,13?/m0/s1. The second-order valence-electron chi connectivity index (χ2n) is 5.16. The first-order chi connectivity index (χ1) is 6.89. The molecule has 0 spiro atoms. The Balaban J connectivity index is 3.91. The van der Waals surface area contributed by atoms with Crippen molar-refractivity contribution in [1.82, 2.24) is 0 Å². The van der Waals surface area contributed by atoms with E-state index in [0.29, 0.717) is 0 Å². The lowest BCUT2D eigenvalue weighted by Crippen LogP contribution is -2.38. The van der Waals surface area contributed by atoms with Gasteiger partial charge < -0.3 is 10.5 Å². The van der Waals surface area contributed by atoms with Crippen LogP contribution in [0.25, 0.3) is 0 Å². The average molecular weight is 215 g/mol. The molecule has 0 heterocycles. The summed E-state index contributed by atoms with van der Waals surface area (Å²) >= 11 is 0. The molecule has 0 aliphatic carbocycles. The molecule has 1 unspecified atom stereocenters.